The monoisotopic (exact) mass is 147 g/mol. The average molecular weight is 147 g/mol. The Morgan fingerprint density at radius 1 is 1.36 bits per heavy atom. The summed E-state index contributed by atoms with van der Waals surface area (Å²) in [5.41, 5.74) is 0. The first kappa shape index (κ1) is 7.64. The lowest BCUT2D eigenvalue weighted by Crippen LogP contribution is -2.18. The van der Waals surface area contributed by atoms with Crippen molar-refractivity contribution in [3.63, 3.8) is 0 Å². The number of benzene rings is 1. The molecule has 1 N–H and O–H groups in total. The first-order valence-electron chi connectivity index (χ1n) is 3.12. The van der Waals surface area contributed by atoms with Crippen molar-refractivity contribution in [3.8, 4) is 11.7 Å². The van der Waals surface area contributed by atoms with Crippen LogP contribution in [-0.4, -0.2) is 12.1 Å². The highest BCUT2D eigenvalue weighted by Gasteiger charge is 2.12. The van der Waals surface area contributed by atoms with E-state index in [4.69, 9.17) is 14.9 Å². The molecular weight excluding hydrogens is 141 g/mol. The minimum Gasteiger partial charge on any atom is -0.525 e. The van der Waals surface area contributed by atoms with Crippen molar-refractivity contribution >= 4 is 7.12 Å². The first-order valence-corrected chi connectivity index (χ1v) is 3.12. The van der Waals surface area contributed by atoms with Crippen LogP contribution in [0, 0.1) is 11.2 Å². The van der Waals surface area contributed by atoms with Gasteiger partial charge in [0.05, 0.1) is 5.97 Å². The van der Waals surface area contributed by atoms with Crippen LogP contribution in [0.25, 0.3) is 0 Å². The molecule has 54 valence electrons. The summed E-state index contributed by atoms with van der Waals surface area (Å²) < 4.78 is 4.76. The van der Waals surface area contributed by atoms with Gasteiger partial charge < -0.3 is 9.68 Å². The zero-order chi connectivity index (χ0) is 8.10. The smallest absolute Gasteiger partial charge is 0.525 e. The van der Waals surface area contributed by atoms with E-state index in [2.05, 4.69) is 0 Å². The Morgan fingerprint density at radius 3 is 2.55 bits per heavy atom. The Hall–Kier alpha value is -1.47. The van der Waals surface area contributed by atoms with E-state index in [1.807, 2.05) is 6.07 Å². The van der Waals surface area contributed by atoms with Gasteiger partial charge >= 0.3 is 7.12 Å². The molecule has 0 aliphatic carbocycles. The van der Waals surface area contributed by atoms with Crippen molar-refractivity contribution in [1.29, 1.82) is 5.26 Å². The topological polar surface area (TPSA) is 53.2 Å². The number of nitrogens with zero attached hydrogens (tertiary/aromatic N) is 1. The van der Waals surface area contributed by atoms with Gasteiger partial charge in [-0.05, 0) is 12.1 Å². The lowest BCUT2D eigenvalue weighted by molar-refractivity contribution is 0.433. The Kier molecular flexibility index (Phi) is 2.53. The lowest BCUT2D eigenvalue weighted by atomic mass is 9.95. The quantitative estimate of drug-likeness (QED) is 0.623. The second-order valence-corrected chi connectivity index (χ2v) is 1.91. The van der Waals surface area contributed by atoms with E-state index in [1.54, 1.807) is 30.2 Å². The summed E-state index contributed by atoms with van der Waals surface area (Å²) in [6.45, 7) is 0. The molecule has 0 bridgehead atoms. The molecule has 4 heteroatoms. The SMILES string of the molecule is N#CB(O)Oc1ccccc1. The fourth-order valence-corrected chi connectivity index (χ4v) is 0.654. The molecule has 0 heterocycles. The molecular formula is C7H6BNO2. The number of nitriles is 1. The molecule has 0 amide bonds. The molecule has 0 aromatic heterocycles. The van der Waals surface area contributed by atoms with E-state index in [9.17, 15) is 0 Å². The predicted molar refractivity (Wildman–Crippen MR) is 40.7 cm³/mol. The Balaban J connectivity index is 2.60. The van der Waals surface area contributed by atoms with Gasteiger partial charge in [0.15, 0.2) is 0 Å². The van der Waals surface area contributed by atoms with Crippen molar-refractivity contribution in [2.24, 2.45) is 0 Å². The molecule has 0 unspecified atom stereocenters. The Morgan fingerprint density at radius 2 is 2.00 bits per heavy atom. The number of rotatable bonds is 2. The molecule has 0 aliphatic heterocycles. The van der Waals surface area contributed by atoms with Crippen LogP contribution in [0.5, 0.6) is 5.75 Å². The fourth-order valence-electron chi connectivity index (χ4n) is 0.654. The van der Waals surface area contributed by atoms with Crippen LogP contribution in [0.15, 0.2) is 30.3 Å². The summed E-state index contributed by atoms with van der Waals surface area (Å²) >= 11 is 0. The van der Waals surface area contributed by atoms with Crippen molar-refractivity contribution in [3.05, 3.63) is 30.3 Å². The lowest BCUT2D eigenvalue weighted by Gasteiger charge is -2.01. The Bertz CT molecular complexity index is 257. The van der Waals surface area contributed by atoms with Crippen LogP contribution < -0.4 is 4.65 Å². The standard InChI is InChI=1S/C7H6BNO2/c9-6-8(10)11-7-4-2-1-3-5-7/h1-5,10H. The zero-order valence-electron chi connectivity index (χ0n) is 5.77. The molecule has 1 rings (SSSR count). The normalized spacial score (nSPS) is 8.36. The summed E-state index contributed by atoms with van der Waals surface area (Å²) in [7, 11) is -1.38. The van der Waals surface area contributed by atoms with Crippen LogP contribution in [0.1, 0.15) is 0 Å². The van der Waals surface area contributed by atoms with Crippen LogP contribution in [-0.2, 0) is 0 Å². The third-order valence-electron chi connectivity index (χ3n) is 1.10. The van der Waals surface area contributed by atoms with Gasteiger partial charge in [-0.3, -0.25) is 0 Å². The summed E-state index contributed by atoms with van der Waals surface area (Å²) in [5.74, 6) is 2.03. The van der Waals surface area contributed by atoms with Gasteiger partial charge in [-0.2, -0.15) is 0 Å². The molecule has 0 fully saturated rings. The minimum absolute atomic E-state index is 0.488. The summed E-state index contributed by atoms with van der Waals surface area (Å²) in [5, 5.41) is 16.9. The highest BCUT2D eigenvalue weighted by molar-refractivity contribution is 6.52. The van der Waals surface area contributed by atoms with Gasteiger partial charge in [0.2, 0.25) is 0 Å². The number of hydrogen-bond acceptors (Lipinski definition) is 3. The van der Waals surface area contributed by atoms with Gasteiger partial charge in [-0.25, -0.2) is 5.26 Å². The first-order chi connectivity index (χ1) is 5.33. The second-order valence-electron chi connectivity index (χ2n) is 1.91. The predicted octanol–water partition coefficient (Wildman–Crippen LogP) is 0.609. The zero-order valence-corrected chi connectivity index (χ0v) is 5.77. The Labute approximate surface area is 65.0 Å². The van der Waals surface area contributed by atoms with E-state index in [1.165, 1.54) is 0 Å². The van der Waals surface area contributed by atoms with Gasteiger partial charge in [-0.1, -0.05) is 18.2 Å². The third-order valence-corrected chi connectivity index (χ3v) is 1.10. The van der Waals surface area contributed by atoms with Crippen molar-refractivity contribution in [2.75, 3.05) is 0 Å². The highest BCUT2D eigenvalue weighted by Crippen LogP contribution is 2.08. The molecule has 11 heavy (non-hydrogen) atoms. The molecule has 0 radical (unpaired) electrons. The van der Waals surface area contributed by atoms with E-state index in [0.717, 1.165) is 0 Å². The maximum absolute atomic E-state index is 8.73. The van der Waals surface area contributed by atoms with E-state index in [-0.39, 0.29) is 0 Å². The maximum atomic E-state index is 8.73. The number of hydrogen-bond donors (Lipinski definition) is 1. The molecule has 3 nitrogen and oxygen atoms in total. The molecule has 0 spiro atoms. The van der Waals surface area contributed by atoms with Gasteiger partial charge in [0.25, 0.3) is 0 Å². The van der Waals surface area contributed by atoms with E-state index < -0.39 is 7.12 Å². The summed E-state index contributed by atoms with van der Waals surface area (Å²) in [6.07, 6.45) is 0. The van der Waals surface area contributed by atoms with Crippen LogP contribution >= 0.6 is 0 Å². The van der Waals surface area contributed by atoms with Crippen molar-refractivity contribution in [2.45, 2.75) is 0 Å². The van der Waals surface area contributed by atoms with E-state index >= 15 is 0 Å². The average Bonchev–Trinajstić information content (AvgIpc) is 2.06. The van der Waals surface area contributed by atoms with Gasteiger partial charge in [0.1, 0.15) is 5.75 Å². The van der Waals surface area contributed by atoms with Crippen LogP contribution in [0.4, 0.5) is 0 Å². The van der Waals surface area contributed by atoms with Crippen molar-refractivity contribution in [1.82, 2.24) is 0 Å². The van der Waals surface area contributed by atoms with E-state index in [0.29, 0.717) is 5.75 Å². The molecule has 0 saturated heterocycles. The molecule has 0 saturated carbocycles. The maximum Gasteiger partial charge on any atom is 0.645 e. The van der Waals surface area contributed by atoms with Crippen LogP contribution in [0.2, 0.25) is 0 Å². The minimum atomic E-state index is -1.38. The third kappa shape index (κ3) is 2.32. The largest absolute Gasteiger partial charge is 0.645 e. The summed E-state index contributed by atoms with van der Waals surface area (Å²) in [6, 6.07) is 8.69. The van der Waals surface area contributed by atoms with Crippen LogP contribution in [0.3, 0.4) is 0 Å². The molecule has 1 aromatic rings. The molecule has 0 atom stereocenters. The van der Waals surface area contributed by atoms with Crippen molar-refractivity contribution < 1.29 is 9.68 Å². The molecule has 1 aromatic carbocycles. The molecule has 0 aliphatic rings. The fraction of sp³-hybridized carbons (Fsp3) is 0. The van der Waals surface area contributed by atoms with Gasteiger partial charge in [0, 0.05) is 0 Å². The highest BCUT2D eigenvalue weighted by atomic mass is 16.5. The number of para-hydroxylation sites is 1. The summed E-state index contributed by atoms with van der Waals surface area (Å²) in [4.78, 5) is 0. The van der Waals surface area contributed by atoms with Gasteiger partial charge in [-0.15, -0.1) is 0 Å². The second kappa shape index (κ2) is 3.64.